The topological polar surface area (TPSA) is 213 Å². The van der Waals surface area contributed by atoms with Crippen LogP contribution in [-0.4, -0.2) is 104 Å². The lowest BCUT2D eigenvalue weighted by Gasteiger charge is -2.43. The first-order chi connectivity index (χ1) is 18.1. The lowest BCUT2D eigenvalue weighted by Crippen LogP contribution is -2.60. The molecule has 0 unspecified atom stereocenters. The van der Waals surface area contributed by atoms with Gasteiger partial charge in [-0.1, -0.05) is 18.2 Å². The number of aromatic hydroxyl groups is 1. The number of esters is 1. The van der Waals surface area contributed by atoms with E-state index in [4.69, 9.17) is 18.9 Å². The van der Waals surface area contributed by atoms with Gasteiger partial charge in [0.15, 0.2) is 6.29 Å². The molecule has 3 aliphatic rings. The Labute approximate surface area is 216 Å². The van der Waals surface area contributed by atoms with E-state index in [1.54, 1.807) is 12.1 Å². The van der Waals surface area contributed by atoms with Gasteiger partial charge in [-0.2, -0.15) is 0 Å². The molecular weight excluding hydrogens is 508 g/mol. The molecule has 13 nitrogen and oxygen atoms in total. The van der Waals surface area contributed by atoms with E-state index in [0.29, 0.717) is 5.56 Å². The van der Waals surface area contributed by atoms with Gasteiger partial charge >= 0.3 is 11.9 Å². The lowest BCUT2D eigenvalue weighted by molar-refractivity contribution is -0.340. The van der Waals surface area contributed by atoms with Crippen molar-refractivity contribution in [3.63, 3.8) is 0 Å². The summed E-state index contributed by atoms with van der Waals surface area (Å²) in [7, 11) is 0. The quantitative estimate of drug-likeness (QED) is 0.116. The van der Waals surface area contributed by atoms with E-state index in [2.05, 4.69) is 0 Å². The molecule has 4 rings (SSSR count). The molecule has 206 valence electrons. The minimum Gasteiger partial charge on any atom is -0.508 e. The second kappa shape index (κ2) is 11.6. The first kappa shape index (κ1) is 27.7. The summed E-state index contributed by atoms with van der Waals surface area (Å²) in [5.41, 5.74) is 0.636. The van der Waals surface area contributed by atoms with Crippen molar-refractivity contribution in [1.29, 1.82) is 0 Å². The average Bonchev–Trinajstić information content (AvgIpc) is 3.23. The summed E-state index contributed by atoms with van der Waals surface area (Å²) in [5, 5.41) is 69.4. The lowest BCUT2D eigenvalue weighted by atomic mass is 9.82. The molecular formula is C25H28O13. The number of carbonyl (C=O) groups is 2. The van der Waals surface area contributed by atoms with Crippen LogP contribution in [0.25, 0.3) is 6.08 Å². The molecule has 38 heavy (non-hydrogen) atoms. The monoisotopic (exact) mass is 536 g/mol. The van der Waals surface area contributed by atoms with Crippen molar-refractivity contribution in [3.05, 3.63) is 59.4 Å². The summed E-state index contributed by atoms with van der Waals surface area (Å²) >= 11 is 0. The van der Waals surface area contributed by atoms with Crippen molar-refractivity contribution in [2.24, 2.45) is 11.8 Å². The molecule has 9 atom stereocenters. The fourth-order valence-electron chi connectivity index (χ4n) is 4.62. The third kappa shape index (κ3) is 5.73. The molecule has 1 fully saturated rings. The van der Waals surface area contributed by atoms with Gasteiger partial charge in [-0.05, 0) is 29.3 Å². The van der Waals surface area contributed by atoms with E-state index >= 15 is 0 Å². The number of hydrogen-bond acceptors (Lipinski definition) is 12. The van der Waals surface area contributed by atoms with Crippen molar-refractivity contribution in [1.82, 2.24) is 0 Å². The molecule has 0 radical (unpaired) electrons. The maximum atomic E-state index is 12.3. The van der Waals surface area contributed by atoms with E-state index in [0.717, 1.165) is 12.3 Å². The van der Waals surface area contributed by atoms with Crippen LogP contribution in [0.5, 0.6) is 5.75 Å². The zero-order valence-electron chi connectivity index (χ0n) is 19.8. The second-order valence-corrected chi connectivity index (χ2v) is 9.03. The minimum atomic E-state index is -1.75. The van der Waals surface area contributed by atoms with Gasteiger partial charge in [0, 0.05) is 12.0 Å². The maximum absolute atomic E-state index is 12.3. The predicted molar refractivity (Wildman–Crippen MR) is 125 cm³/mol. The average molecular weight is 536 g/mol. The summed E-state index contributed by atoms with van der Waals surface area (Å²) in [6.45, 7) is -1.05. The Kier molecular flexibility index (Phi) is 8.47. The molecule has 1 aromatic rings. The predicted octanol–water partition coefficient (Wildman–Crippen LogP) is -1.38. The van der Waals surface area contributed by atoms with Gasteiger partial charge in [0.05, 0.1) is 30.5 Å². The third-order valence-electron chi connectivity index (χ3n) is 6.60. The van der Waals surface area contributed by atoms with E-state index in [-0.39, 0.29) is 23.5 Å². The first-order valence-electron chi connectivity index (χ1n) is 11.7. The Morgan fingerprint density at radius 2 is 1.68 bits per heavy atom. The van der Waals surface area contributed by atoms with E-state index in [1.807, 2.05) is 0 Å². The standard InChI is InChI=1S/C25H28O13/c26-8-16-20(30)21(31)22(32)25(37-16)38-24-18-12(7-15(28)19(18)14(10-36-24)23(33)34)9-35-17(29)6-3-11-1-4-13(27)5-2-11/h1-7,10,15-16,18-22,24-28,30-32H,8-9H2,(H,33,34)/t15-,16+,18+,19-,20+,21-,22+,24-,25-/m0/s1. The van der Waals surface area contributed by atoms with Gasteiger partial charge in [0.1, 0.15) is 36.8 Å². The van der Waals surface area contributed by atoms with Crippen LogP contribution in [0.4, 0.5) is 0 Å². The number of carboxylic acids is 1. The zero-order valence-corrected chi connectivity index (χ0v) is 19.8. The highest BCUT2D eigenvalue weighted by Gasteiger charge is 2.52. The van der Waals surface area contributed by atoms with E-state index in [1.165, 1.54) is 24.3 Å². The highest BCUT2D eigenvalue weighted by molar-refractivity contribution is 5.88. The van der Waals surface area contributed by atoms with Gasteiger partial charge in [0.2, 0.25) is 6.29 Å². The number of rotatable bonds is 8. The van der Waals surface area contributed by atoms with Crippen LogP contribution in [0, 0.1) is 11.8 Å². The first-order valence-corrected chi connectivity index (χ1v) is 11.7. The van der Waals surface area contributed by atoms with Gasteiger partial charge in [-0.25, -0.2) is 9.59 Å². The molecule has 13 heteroatoms. The number of fused-ring (bicyclic) bond motifs is 1. The van der Waals surface area contributed by atoms with E-state index in [9.17, 15) is 45.3 Å². The number of phenols is 1. The normalized spacial score (nSPS) is 34.7. The van der Waals surface area contributed by atoms with Crippen LogP contribution in [0.2, 0.25) is 0 Å². The summed E-state index contributed by atoms with van der Waals surface area (Å²) in [5.74, 6) is -4.08. The Morgan fingerprint density at radius 1 is 0.974 bits per heavy atom. The number of aliphatic hydroxyl groups is 5. The number of phenolic OH excluding ortho intramolecular Hbond substituents is 1. The van der Waals surface area contributed by atoms with Crippen LogP contribution in [-0.2, 0) is 28.5 Å². The van der Waals surface area contributed by atoms with Gasteiger partial charge in [-0.15, -0.1) is 0 Å². The molecule has 1 saturated heterocycles. The van der Waals surface area contributed by atoms with Crippen molar-refractivity contribution >= 4 is 18.0 Å². The number of aliphatic carboxylic acids is 1. The summed E-state index contributed by atoms with van der Waals surface area (Å²) in [6.07, 6.45) is -5.77. The van der Waals surface area contributed by atoms with Gasteiger partial charge < -0.3 is 54.7 Å². The van der Waals surface area contributed by atoms with Crippen LogP contribution in [0.1, 0.15) is 5.56 Å². The van der Waals surface area contributed by atoms with Crippen molar-refractivity contribution in [3.8, 4) is 5.75 Å². The summed E-state index contributed by atoms with van der Waals surface area (Å²) < 4.78 is 21.8. The van der Waals surface area contributed by atoms with E-state index < -0.39 is 73.5 Å². The molecule has 0 spiro atoms. The maximum Gasteiger partial charge on any atom is 0.335 e. The number of carbonyl (C=O) groups excluding carboxylic acids is 1. The van der Waals surface area contributed by atoms with Gasteiger partial charge in [0.25, 0.3) is 0 Å². The second-order valence-electron chi connectivity index (χ2n) is 9.03. The molecule has 1 aliphatic carbocycles. The minimum absolute atomic E-state index is 0.0657. The smallest absolute Gasteiger partial charge is 0.335 e. The molecule has 0 aromatic heterocycles. The molecule has 0 bridgehead atoms. The zero-order chi connectivity index (χ0) is 27.6. The van der Waals surface area contributed by atoms with Crippen LogP contribution >= 0.6 is 0 Å². The van der Waals surface area contributed by atoms with Crippen molar-refractivity contribution in [2.75, 3.05) is 13.2 Å². The number of ether oxygens (including phenoxy) is 4. The molecule has 1 aromatic carbocycles. The summed E-state index contributed by atoms with van der Waals surface area (Å²) in [6, 6.07) is 6.06. The summed E-state index contributed by atoms with van der Waals surface area (Å²) in [4.78, 5) is 24.1. The molecule has 2 aliphatic heterocycles. The fraction of sp³-hybridized carbons (Fsp3) is 0.440. The highest BCUT2D eigenvalue weighted by Crippen LogP contribution is 2.44. The third-order valence-corrected chi connectivity index (χ3v) is 6.60. The van der Waals surface area contributed by atoms with Crippen LogP contribution in [0.15, 0.2) is 53.8 Å². The molecule has 2 heterocycles. The fourth-order valence-corrected chi connectivity index (χ4v) is 4.62. The largest absolute Gasteiger partial charge is 0.508 e. The Morgan fingerprint density at radius 3 is 2.34 bits per heavy atom. The number of benzene rings is 1. The Balaban J connectivity index is 1.49. The van der Waals surface area contributed by atoms with Crippen molar-refractivity contribution in [2.45, 2.75) is 43.1 Å². The number of carboxylic acid groups (broad SMARTS) is 1. The SMILES string of the molecule is O=C(C=Cc1ccc(O)cc1)OCC1=C[C@H](O)[C@@H]2C(C(=O)O)=CO[C@@H](O[C@@H]3O[C@H](CO)[C@@H](O)[C@H](O)[C@H]3O)[C@H]12. The Hall–Kier alpha value is -3.30. The molecule has 7 N–H and O–H groups in total. The molecule has 0 saturated carbocycles. The van der Waals surface area contributed by atoms with Crippen LogP contribution < -0.4 is 0 Å². The number of hydrogen-bond donors (Lipinski definition) is 7. The Bertz CT molecular complexity index is 1110. The highest BCUT2D eigenvalue weighted by atomic mass is 16.8. The molecule has 0 amide bonds. The van der Waals surface area contributed by atoms with Gasteiger partial charge in [-0.3, -0.25) is 0 Å². The van der Waals surface area contributed by atoms with Crippen LogP contribution in [0.3, 0.4) is 0 Å². The number of aliphatic hydroxyl groups excluding tert-OH is 5. The van der Waals surface area contributed by atoms with Crippen molar-refractivity contribution < 1.29 is 64.3 Å².